The van der Waals surface area contributed by atoms with Gasteiger partial charge < -0.3 is 0 Å². The van der Waals surface area contributed by atoms with Gasteiger partial charge in [0.25, 0.3) is 0 Å². The number of ketones is 1. The number of hydrogen-bond donors (Lipinski definition) is 0. The molecule has 1 aliphatic rings. The first-order valence-corrected chi connectivity index (χ1v) is 7.39. The Balaban J connectivity index is 2.83. The Kier molecular flexibility index (Phi) is 4.48. The van der Waals surface area contributed by atoms with E-state index in [-0.39, 0.29) is 11.5 Å². The Morgan fingerprint density at radius 2 is 2.19 bits per heavy atom. The van der Waals surface area contributed by atoms with E-state index < -0.39 is 21.0 Å². The lowest BCUT2D eigenvalue weighted by Crippen LogP contribution is -2.38. The van der Waals surface area contributed by atoms with E-state index in [1.165, 1.54) is 0 Å². The third kappa shape index (κ3) is 2.82. The van der Waals surface area contributed by atoms with Crippen molar-refractivity contribution in [3.8, 4) is 6.07 Å². The Labute approximate surface area is 96.6 Å². The molecule has 90 valence electrons. The van der Waals surface area contributed by atoms with E-state index in [0.717, 1.165) is 12.8 Å². The normalized spacial score (nSPS) is 25.6. The zero-order chi connectivity index (χ0) is 12.2. The monoisotopic (exact) mass is 243 g/mol. The molecule has 0 aliphatic carbocycles. The van der Waals surface area contributed by atoms with Crippen LogP contribution in [-0.2, 0) is 14.6 Å². The maximum absolute atomic E-state index is 11.9. The number of nitriles is 1. The average Bonchev–Trinajstić information content (AvgIpc) is 2.24. The highest BCUT2D eigenvalue weighted by Gasteiger charge is 2.37. The van der Waals surface area contributed by atoms with E-state index in [1.54, 1.807) is 0 Å². The fourth-order valence-corrected chi connectivity index (χ4v) is 3.99. The van der Waals surface area contributed by atoms with Crippen molar-refractivity contribution >= 4 is 15.6 Å². The molecule has 5 heteroatoms. The summed E-state index contributed by atoms with van der Waals surface area (Å²) in [6, 6.07) is 1.92. The van der Waals surface area contributed by atoms with Gasteiger partial charge in [-0.1, -0.05) is 19.8 Å². The third-order valence-electron chi connectivity index (χ3n) is 2.97. The first-order valence-electron chi connectivity index (χ1n) is 5.68. The molecular formula is C11H17NO3S. The van der Waals surface area contributed by atoms with Crippen molar-refractivity contribution in [3.63, 3.8) is 0 Å². The number of carbonyl (C=O) groups is 1. The molecule has 1 rings (SSSR count). The van der Waals surface area contributed by atoms with E-state index in [9.17, 15) is 13.2 Å². The predicted molar refractivity (Wildman–Crippen MR) is 60.4 cm³/mol. The van der Waals surface area contributed by atoms with Gasteiger partial charge in [0.1, 0.15) is 11.2 Å². The lowest BCUT2D eigenvalue weighted by Gasteiger charge is -2.22. The Bertz CT molecular complexity index is 394. The zero-order valence-electron chi connectivity index (χ0n) is 9.48. The van der Waals surface area contributed by atoms with Crippen molar-refractivity contribution < 1.29 is 13.2 Å². The van der Waals surface area contributed by atoms with Gasteiger partial charge in [-0.05, 0) is 19.3 Å². The second-order valence-corrected chi connectivity index (χ2v) is 6.53. The van der Waals surface area contributed by atoms with Crippen molar-refractivity contribution in [2.24, 2.45) is 5.92 Å². The Morgan fingerprint density at radius 3 is 2.69 bits per heavy atom. The van der Waals surface area contributed by atoms with Crippen LogP contribution in [-0.4, -0.2) is 25.2 Å². The van der Waals surface area contributed by atoms with Crippen LogP contribution in [0.5, 0.6) is 0 Å². The second-order valence-electron chi connectivity index (χ2n) is 4.22. The summed E-state index contributed by atoms with van der Waals surface area (Å²) in [6.07, 6.45) is 2.97. The number of nitrogens with zero attached hydrogens (tertiary/aromatic N) is 1. The molecule has 0 radical (unpaired) electrons. The molecule has 0 amide bonds. The molecule has 2 atom stereocenters. The van der Waals surface area contributed by atoms with Crippen molar-refractivity contribution in [3.05, 3.63) is 0 Å². The topological polar surface area (TPSA) is 75.0 Å². The van der Waals surface area contributed by atoms with Crippen LogP contribution in [0.1, 0.15) is 39.0 Å². The van der Waals surface area contributed by atoms with Crippen LogP contribution in [0, 0.1) is 17.2 Å². The largest absolute Gasteiger partial charge is 0.297 e. The van der Waals surface area contributed by atoms with Crippen LogP contribution in [0.4, 0.5) is 0 Å². The lowest BCUT2D eigenvalue weighted by molar-refractivity contribution is -0.121. The molecule has 1 aliphatic heterocycles. The molecule has 4 nitrogen and oxygen atoms in total. The Hall–Kier alpha value is -0.890. The predicted octanol–water partition coefficient (Wildman–Crippen LogP) is 1.46. The lowest BCUT2D eigenvalue weighted by atomic mass is 9.95. The minimum atomic E-state index is -3.30. The van der Waals surface area contributed by atoms with E-state index >= 15 is 0 Å². The second kappa shape index (κ2) is 5.44. The summed E-state index contributed by atoms with van der Waals surface area (Å²) in [5.41, 5.74) is 0. The van der Waals surface area contributed by atoms with E-state index in [1.807, 2.05) is 13.0 Å². The maximum atomic E-state index is 11.9. The summed E-state index contributed by atoms with van der Waals surface area (Å²) in [7, 11) is -3.30. The van der Waals surface area contributed by atoms with Gasteiger partial charge >= 0.3 is 0 Å². The summed E-state index contributed by atoms with van der Waals surface area (Å²) in [4.78, 5) is 11.9. The number of carbonyl (C=O) groups excluding carboxylic acids is 1. The smallest absolute Gasteiger partial charge is 0.168 e. The highest BCUT2D eigenvalue weighted by atomic mass is 32.2. The molecule has 16 heavy (non-hydrogen) atoms. The molecule has 0 aromatic heterocycles. The Morgan fingerprint density at radius 1 is 1.50 bits per heavy atom. The fraction of sp³-hybridized carbons (Fsp3) is 0.818. The standard InChI is InChI=1S/C11H17NO3S/c1-2-5-9(8-12)11(13)10-6-3-4-7-16(10,14)15/h9-10H,2-7H2,1H3. The molecule has 1 heterocycles. The number of sulfone groups is 1. The minimum absolute atomic E-state index is 0.0910. The van der Waals surface area contributed by atoms with Gasteiger partial charge in [-0.15, -0.1) is 0 Å². The van der Waals surface area contributed by atoms with Crippen molar-refractivity contribution in [1.82, 2.24) is 0 Å². The van der Waals surface area contributed by atoms with Gasteiger partial charge in [0, 0.05) is 0 Å². The molecule has 1 fully saturated rings. The quantitative estimate of drug-likeness (QED) is 0.749. The van der Waals surface area contributed by atoms with Crippen LogP contribution < -0.4 is 0 Å². The first kappa shape index (κ1) is 13.2. The number of rotatable bonds is 4. The van der Waals surface area contributed by atoms with Crippen LogP contribution in [0.3, 0.4) is 0 Å². The SMILES string of the molecule is CCCC(C#N)C(=O)C1CCCCS1(=O)=O. The van der Waals surface area contributed by atoms with Gasteiger partial charge in [0.15, 0.2) is 15.6 Å². The molecule has 0 spiro atoms. The molecular weight excluding hydrogens is 226 g/mol. The van der Waals surface area contributed by atoms with Gasteiger partial charge in [-0.25, -0.2) is 8.42 Å². The van der Waals surface area contributed by atoms with Gasteiger partial charge in [-0.2, -0.15) is 5.26 Å². The summed E-state index contributed by atoms with van der Waals surface area (Å²) >= 11 is 0. The van der Waals surface area contributed by atoms with E-state index in [4.69, 9.17) is 5.26 Å². The van der Waals surface area contributed by atoms with Gasteiger partial charge in [0.05, 0.1) is 11.8 Å². The minimum Gasteiger partial charge on any atom is -0.297 e. The van der Waals surface area contributed by atoms with Crippen LogP contribution in [0.25, 0.3) is 0 Å². The van der Waals surface area contributed by atoms with Crippen LogP contribution >= 0.6 is 0 Å². The summed E-state index contributed by atoms with van der Waals surface area (Å²) in [5.74, 6) is -1.04. The molecule has 0 saturated carbocycles. The maximum Gasteiger partial charge on any atom is 0.168 e. The van der Waals surface area contributed by atoms with Crippen LogP contribution in [0.15, 0.2) is 0 Å². The van der Waals surface area contributed by atoms with Crippen LogP contribution in [0.2, 0.25) is 0 Å². The summed E-state index contributed by atoms with van der Waals surface area (Å²) in [5, 5.41) is 7.94. The number of hydrogen-bond acceptors (Lipinski definition) is 4. The molecule has 0 aromatic carbocycles. The highest BCUT2D eigenvalue weighted by Crippen LogP contribution is 2.24. The van der Waals surface area contributed by atoms with E-state index in [2.05, 4.69) is 0 Å². The van der Waals surface area contributed by atoms with Crippen molar-refractivity contribution in [2.45, 2.75) is 44.3 Å². The summed E-state index contributed by atoms with van der Waals surface area (Å²) < 4.78 is 23.4. The zero-order valence-corrected chi connectivity index (χ0v) is 10.3. The van der Waals surface area contributed by atoms with Gasteiger partial charge in [-0.3, -0.25) is 4.79 Å². The first-order chi connectivity index (χ1) is 7.53. The number of Topliss-reactive ketones (excluding diaryl/α,β-unsaturated/α-hetero) is 1. The fourth-order valence-electron chi connectivity index (χ4n) is 2.06. The molecule has 0 bridgehead atoms. The molecule has 2 unspecified atom stereocenters. The third-order valence-corrected chi connectivity index (χ3v) is 5.17. The van der Waals surface area contributed by atoms with Gasteiger partial charge in [0.2, 0.25) is 0 Å². The molecule has 0 aromatic rings. The molecule has 0 N–H and O–H groups in total. The van der Waals surface area contributed by atoms with Crippen molar-refractivity contribution in [1.29, 1.82) is 5.26 Å². The average molecular weight is 243 g/mol. The molecule has 1 saturated heterocycles. The summed E-state index contributed by atoms with van der Waals surface area (Å²) in [6.45, 7) is 1.88. The highest BCUT2D eigenvalue weighted by molar-refractivity contribution is 7.92. The van der Waals surface area contributed by atoms with Crippen molar-refractivity contribution in [2.75, 3.05) is 5.75 Å². The van der Waals surface area contributed by atoms with E-state index in [0.29, 0.717) is 19.3 Å².